The molecule has 2 aromatic rings. The van der Waals surface area contributed by atoms with Crippen molar-refractivity contribution in [2.45, 2.75) is 69.2 Å². The second kappa shape index (κ2) is 6.51. The molecule has 5 heteroatoms. The molecule has 0 bridgehead atoms. The van der Waals surface area contributed by atoms with Gasteiger partial charge in [-0.15, -0.1) is 11.8 Å². The van der Waals surface area contributed by atoms with Gasteiger partial charge in [-0.1, -0.05) is 0 Å². The van der Waals surface area contributed by atoms with Gasteiger partial charge in [0.1, 0.15) is 5.52 Å². The van der Waals surface area contributed by atoms with Crippen molar-refractivity contribution in [2.75, 3.05) is 6.26 Å². The normalized spacial score (nSPS) is 34.7. The SMILES string of the molecule is CSc1cc(C)nc2c1ncn2C1CCC2CC3(CCC#N)CC(CC1)C23. The molecular formula is C22H28N4S. The van der Waals surface area contributed by atoms with Crippen LogP contribution in [0.25, 0.3) is 11.2 Å². The number of aryl methyl sites for hydroxylation is 1. The molecule has 27 heavy (non-hydrogen) atoms. The molecule has 0 N–H and O–H groups in total. The lowest BCUT2D eigenvalue weighted by Gasteiger charge is -2.69. The zero-order valence-corrected chi connectivity index (χ0v) is 17.1. The Morgan fingerprint density at radius 2 is 2.00 bits per heavy atom. The number of rotatable bonds is 4. The summed E-state index contributed by atoms with van der Waals surface area (Å²) in [7, 11) is 0. The molecule has 0 aliphatic heterocycles. The minimum atomic E-state index is 0.537. The summed E-state index contributed by atoms with van der Waals surface area (Å²) < 4.78 is 2.38. The molecule has 0 saturated heterocycles. The van der Waals surface area contributed by atoms with Gasteiger partial charge in [-0.25, -0.2) is 9.97 Å². The van der Waals surface area contributed by atoms with Gasteiger partial charge in [0.2, 0.25) is 0 Å². The highest BCUT2D eigenvalue weighted by atomic mass is 32.2. The molecular weight excluding hydrogens is 352 g/mol. The molecule has 0 amide bonds. The Labute approximate surface area is 165 Å². The van der Waals surface area contributed by atoms with Crippen molar-refractivity contribution in [1.82, 2.24) is 14.5 Å². The molecule has 2 unspecified atom stereocenters. The Morgan fingerprint density at radius 3 is 2.67 bits per heavy atom. The van der Waals surface area contributed by atoms with Gasteiger partial charge in [0.05, 0.1) is 12.4 Å². The number of aromatic nitrogens is 3. The Hall–Kier alpha value is -1.54. The van der Waals surface area contributed by atoms with Crippen molar-refractivity contribution in [3.05, 3.63) is 18.1 Å². The molecule has 3 fully saturated rings. The van der Waals surface area contributed by atoms with Gasteiger partial charge in [-0.2, -0.15) is 5.26 Å². The molecule has 3 aliphatic carbocycles. The number of fused-ring (bicyclic) bond motifs is 1. The number of pyridine rings is 1. The van der Waals surface area contributed by atoms with Crippen LogP contribution in [0.2, 0.25) is 0 Å². The summed E-state index contributed by atoms with van der Waals surface area (Å²) in [4.78, 5) is 10.8. The van der Waals surface area contributed by atoms with E-state index in [1.807, 2.05) is 6.33 Å². The minimum Gasteiger partial charge on any atom is -0.312 e. The first-order valence-corrected chi connectivity index (χ1v) is 11.6. The van der Waals surface area contributed by atoms with Crippen LogP contribution in [0.3, 0.4) is 0 Å². The molecule has 2 atom stereocenters. The van der Waals surface area contributed by atoms with E-state index in [0.29, 0.717) is 11.5 Å². The first kappa shape index (κ1) is 17.6. The van der Waals surface area contributed by atoms with E-state index >= 15 is 0 Å². The molecule has 0 spiro atoms. The van der Waals surface area contributed by atoms with Gasteiger partial charge in [-0.05, 0) is 87.4 Å². The highest BCUT2D eigenvalue weighted by molar-refractivity contribution is 7.98. The fourth-order valence-electron chi connectivity index (χ4n) is 6.71. The van der Waals surface area contributed by atoms with Crippen LogP contribution in [-0.4, -0.2) is 20.8 Å². The Kier molecular flexibility index (Phi) is 4.23. The third kappa shape index (κ3) is 2.63. The summed E-state index contributed by atoms with van der Waals surface area (Å²) >= 11 is 1.76. The average Bonchev–Trinajstić information content (AvgIpc) is 3.06. The van der Waals surface area contributed by atoms with Crippen molar-refractivity contribution in [1.29, 1.82) is 5.26 Å². The van der Waals surface area contributed by atoms with Crippen LogP contribution in [0.1, 0.15) is 63.1 Å². The van der Waals surface area contributed by atoms with E-state index in [1.165, 1.54) is 43.4 Å². The van der Waals surface area contributed by atoms with Gasteiger partial charge in [-0.3, -0.25) is 0 Å². The van der Waals surface area contributed by atoms with Crippen molar-refractivity contribution in [3.8, 4) is 6.07 Å². The number of hydrogen-bond donors (Lipinski definition) is 0. The molecule has 0 radical (unpaired) electrons. The van der Waals surface area contributed by atoms with Gasteiger partial charge in [0.15, 0.2) is 5.65 Å². The van der Waals surface area contributed by atoms with E-state index in [4.69, 9.17) is 15.2 Å². The summed E-state index contributed by atoms with van der Waals surface area (Å²) in [5.41, 5.74) is 3.79. The molecule has 4 nitrogen and oxygen atoms in total. The standard InChI is InChI=1S/C22H28N4S/c1-14-10-18(27-2)20-21(25-14)26(13-24-20)17-6-4-15-11-22(8-3-9-23)12-16(5-7-17)19(15)22/h10,13,15-17,19H,3-8,11-12H2,1-2H3. The highest BCUT2D eigenvalue weighted by Gasteiger charge is 2.63. The van der Waals surface area contributed by atoms with Gasteiger partial charge < -0.3 is 4.57 Å². The third-order valence-corrected chi connectivity index (χ3v) is 8.52. The lowest BCUT2D eigenvalue weighted by atomic mass is 9.36. The predicted octanol–water partition coefficient (Wildman–Crippen LogP) is 5.52. The Morgan fingerprint density at radius 1 is 1.26 bits per heavy atom. The summed E-state index contributed by atoms with van der Waals surface area (Å²) in [6.45, 7) is 2.09. The van der Waals surface area contributed by atoms with E-state index in [-0.39, 0.29) is 0 Å². The topological polar surface area (TPSA) is 54.5 Å². The monoisotopic (exact) mass is 380 g/mol. The van der Waals surface area contributed by atoms with Crippen molar-refractivity contribution in [2.24, 2.45) is 23.2 Å². The molecule has 142 valence electrons. The van der Waals surface area contributed by atoms with Crippen molar-refractivity contribution in [3.63, 3.8) is 0 Å². The van der Waals surface area contributed by atoms with Crippen molar-refractivity contribution < 1.29 is 0 Å². The first-order valence-electron chi connectivity index (χ1n) is 10.4. The van der Waals surface area contributed by atoms with E-state index in [9.17, 15) is 0 Å². The fraction of sp³-hybridized carbons (Fsp3) is 0.682. The molecule has 3 saturated carbocycles. The van der Waals surface area contributed by atoms with E-state index in [0.717, 1.165) is 47.5 Å². The number of nitrogens with zero attached hydrogens (tertiary/aromatic N) is 4. The van der Waals surface area contributed by atoms with Gasteiger partial charge in [0, 0.05) is 23.1 Å². The summed E-state index contributed by atoms with van der Waals surface area (Å²) in [5.74, 6) is 2.72. The second-order valence-electron chi connectivity index (χ2n) is 9.07. The Balaban J connectivity index is 1.37. The third-order valence-electron chi connectivity index (χ3n) is 7.77. The molecule has 2 heterocycles. The second-order valence-corrected chi connectivity index (χ2v) is 9.92. The molecule has 5 rings (SSSR count). The zero-order chi connectivity index (χ0) is 18.6. The maximum atomic E-state index is 8.98. The average molecular weight is 381 g/mol. The molecule has 2 aromatic heterocycles. The zero-order valence-electron chi connectivity index (χ0n) is 16.3. The maximum Gasteiger partial charge on any atom is 0.161 e. The number of hydrogen-bond acceptors (Lipinski definition) is 4. The molecule has 3 aliphatic rings. The maximum absolute atomic E-state index is 8.98. The van der Waals surface area contributed by atoms with Crippen LogP contribution >= 0.6 is 11.8 Å². The lowest BCUT2D eigenvalue weighted by molar-refractivity contribution is -0.199. The van der Waals surface area contributed by atoms with Crippen LogP contribution in [0, 0.1) is 41.4 Å². The van der Waals surface area contributed by atoms with Crippen LogP contribution in [0.4, 0.5) is 0 Å². The van der Waals surface area contributed by atoms with E-state index < -0.39 is 0 Å². The van der Waals surface area contributed by atoms with Crippen LogP contribution in [0.5, 0.6) is 0 Å². The largest absolute Gasteiger partial charge is 0.312 e. The van der Waals surface area contributed by atoms with Crippen molar-refractivity contribution >= 4 is 22.9 Å². The van der Waals surface area contributed by atoms with E-state index in [1.54, 1.807) is 11.8 Å². The minimum absolute atomic E-state index is 0.537. The summed E-state index contributed by atoms with van der Waals surface area (Å²) in [6, 6.07) is 5.06. The quantitative estimate of drug-likeness (QED) is 0.655. The number of imidazole rings is 1. The summed E-state index contributed by atoms with van der Waals surface area (Å²) in [5, 5.41) is 8.98. The number of thioether (sulfide) groups is 1. The van der Waals surface area contributed by atoms with Crippen LogP contribution < -0.4 is 0 Å². The first-order chi connectivity index (χ1) is 13.1. The van der Waals surface area contributed by atoms with Crippen LogP contribution in [-0.2, 0) is 0 Å². The van der Waals surface area contributed by atoms with Gasteiger partial charge in [0.25, 0.3) is 0 Å². The lowest BCUT2D eigenvalue weighted by Crippen LogP contribution is -2.61. The van der Waals surface area contributed by atoms with E-state index in [2.05, 4.69) is 29.9 Å². The van der Waals surface area contributed by atoms with Gasteiger partial charge >= 0.3 is 0 Å². The summed E-state index contributed by atoms with van der Waals surface area (Å²) in [6.07, 6.45) is 14.0. The molecule has 0 aromatic carbocycles. The fourth-order valence-corrected chi connectivity index (χ4v) is 7.34. The van der Waals surface area contributed by atoms with Crippen LogP contribution in [0.15, 0.2) is 17.3 Å². The predicted molar refractivity (Wildman–Crippen MR) is 109 cm³/mol. The Bertz CT molecular complexity index is 893. The smallest absolute Gasteiger partial charge is 0.161 e. The number of nitriles is 1. The highest BCUT2D eigenvalue weighted by Crippen LogP contribution is 2.72.